The van der Waals surface area contributed by atoms with E-state index >= 15 is 0 Å². The third-order valence-corrected chi connectivity index (χ3v) is 6.37. The number of allylic oxidation sites excluding steroid dienone is 1. The molecule has 0 bridgehead atoms. The van der Waals surface area contributed by atoms with Crippen LogP contribution in [-0.4, -0.2) is 32.1 Å². The zero-order valence-electron chi connectivity index (χ0n) is 21.3. The van der Waals surface area contributed by atoms with Crippen LogP contribution in [0.2, 0.25) is 5.02 Å². The molecule has 9 nitrogen and oxygen atoms in total. The normalized spacial score (nSPS) is 14.9. The van der Waals surface area contributed by atoms with Crippen LogP contribution in [0, 0.1) is 17.1 Å². The number of ether oxygens (including phenoxy) is 2. The van der Waals surface area contributed by atoms with E-state index in [2.05, 4.69) is 5.32 Å². The molecule has 0 saturated carbocycles. The fourth-order valence-electron chi connectivity index (χ4n) is 4.41. The minimum atomic E-state index is -1.08. The molecule has 0 saturated heterocycles. The van der Waals surface area contributed by atoms with Crippen LogP contribution in [0.25, 0.3) is 0 Å². The number of carbonyl (C=O) groups excluding carboxylic acids is 3. The van der Waals surface area contributed by atoms with Crippen LogP contribution in [0.4, 0.5) is 15.8 Å². The van der Waals surface area contributed by atoms with Gasteiger partial charge >= 0.3 is 11.9 Å². The van der Waals surface area contributed by atoms with Crippen molar-refractivity contribution >= 4 is 40.8 Å². The van der Waals surface area contributed by atoms with Gasteiger partial charge in [0.05, 0.1) is 48.6 Å². The number of halogens is 2. The average molecular weight is 561 g/mol. The van der Waals surface area contributed by atoms with Crippen molar-refractivity contribution in [2.24, 2.45) is 5.73 Å². The Balaban J connectivity index is 2.00. The maximum atomic E-state index is 13.8. The SMILES string of the molecule is COC(=O)C1=C(C(=O)OC)N(c2ccc(Cl)cc2C(=O)Nc2cccc(F)c2)C(N)=C(C#N)C1c1ccccc1. The summed E-state index contributed by atoms with van der Waals surface area (Å²) >= 11 is 6.22. The number of hydrogen-bond donors (Lipinski definition) is 2. The van der Waals surface area contributed by atoms with Crippen molar-refractivity contribution in [3.63, 3.8) is 0 Å². The number of benzene rings is 3. The van der Waals surface area contributed by atoms with Gasteiger partial charge in [0.15, 0.2) is 0 Å². The summed E-state index contributed by atoms with van der Waals surface area (Å²) in [6.45, 7) is 0. The molecule has 1 aliphatic rings. The number of nitrogens with zero attached hydrogens (tertiary/aromatic N) is 2. The number of carbonyl (C=O) groups is 3. The molecular formula is C29H22ClFN4O5. The minimum absolute atomic E-state index is 0.00290. The summed E-state index contributed by atoms with van der Waals surface area (Å²) in [6, 6.07) is 19.9. The number of rotatable bonds is 6. The van der Waals surface area contributed by atoms with Crippen molar-refractivity contribution in [2.75, 3.05) is 24.4 Å². The maximum absolute atomic E-state index is 13.8. The number of methoxy groups -OCH3 is 2. The van der Waals surface area contributed by atoms with Gasteiger partial charge in [-0.1, -0.05) is 48.0 Å². The highest BCUT2D eigenvalue weighted by molar-refractivity contribution is 6.31. The maximum Gasteiger partial charge on any atom is 0.355 e. The summed E-state index contributed by atoms with van der Waals surface area (Å²) in [5.41, 5.74) is 6.41. The van der Waals surface area contributed by atoms with Crippen molar-refractivity contribution in [2.45, 2.75) is 5.92 Å². The minimum Gasteiger partial charge on any atom is -0.466 e. The summed E-state index contributed by atoms with van der Waals surface area (Å²) in [5.74, 6) is -4.51. The van der Waals surface area contributed by atoms with E-state index in [1.165, 1.54) is 36.4 Å². The van der Waals surface area contributed by atoms with E-state index in [1.807, 2.05) is 6.07 Å². The van der Waals surface area contributed by atoms with Gasteiger partial charge in [-0.15, -0.1) is 0 Å². The summed E-state index contributed by atoms with van der Waals surface area (Å²) < 4.78 is 23.8. The molecule has 0 radical (unpaired) electrons. The second-order valence-electron chi connectivity index (χ2n) is 8.46. The monoisotopic (exact) mass is 560 g/mol. The van der Waals surface area contributed by atoms with E-state index in [0.717, 1.165) is 25.2 Å². The van der Waals surface area contributed by atoms with Gasteiger partial charge in [-0.2, -0.15) is 5.26 Å². The largest absolute Gasteiger partial charge is 0.466 e. The lowest BCUT2D eigenvalue weighted by molar-refractivity contribution is -0.139. The first-order chi connectivity index (χ1) is 19.2. The predicted octanol–water partition coefficient (Wildman–Crippen LogP) is 4.63. The molecule has 1 aliphatic heterocycles. The molecule has 3 N–H and O–H groups in total. The first-order valence-corrected chi connectivity index (χ1v) is 12.1. The number of hydrogen-bond acceptors (Lipinski definition) is 8. The van der Waals surface area contributed by atoms with Crippen molar-refractivity contribution in [1.82, 2.24) is 0 Å². The van der Waals surface area contributed by atoms with Gasteiger partial charge in [-0.3, -0.25) is 9.69 Å². The lowest BCUT2D eigenvalue weighted by Crippen LogP contribution is -2.41. The molecule has 0 aromatic heterocycles. The third kappa shape index (κ3) is 5.23. The smallest absolute Gasteiger partial charge is 0.355 e. The van der Waals surface area contributed by atoms with Crippen LogP contribution in [0.1, 0.15) is 21.8 Å². The van der Waals surface area contributed by atoms with Crippen LogP contribution in [0.15, 0.2) is 95.5 Å². The Bertz CT molecular complexity index is 1610. The Morgan fingerprint density at radius 1 is 1.00 bits per heavy atom. The van der Waals surface area contributed by atoms with E-state index in [-0.39, 0.29) is 44.6 Å². The van der Waals surface area contributed by atoms with E-state index in [9.17, 15) is 24.0 Å². The van der Waals surface area contributed by atoms with Gasteiger partial charge in [-0.05, 0) is 42.0 Å². The Hall–Kier alpha value is -5.14. The summed E-state index contributed by atoms with van der Waals surface area (Å²) in [4.78, 5) is 41.1. The Morgan fingerprint density at radius 3 is 2.33 bits per heavy atom. The van der Waals surface area contributed by atoms with Crippen molar-refractivity contribution in [3.05, 3.63) is 117 Å². The average Bonchev–Trinajstić information content (AvgIpc) is 2.96. The molecule has 1 unspecified atom stereocenters. The summed E-state index contributed by atoms with van der Waals surface area (Å²) in [5, 5.41) is 12.9. The van der Waals surface area contributed by atoms with Gasteiger partial charge in [0.1, 0.15) is 17.3 Å². The number of anilines is 2. The molecule has 0 fully saturated rings. The molecule has 3 aromatic rings. The molecule has 1 atom stereocenters. The zero-order chi connectivity index (χ0) is 29.0. The molecule has 202 valence electrons. The fourth-order valence-corrected chi connectivity index (χ4v) is 4.59. The Kier molecular flexibility index (Phi) is 8.17. The molecule has 3 aromatic carbocycles. The molecule has 1 heterocycles. The summed E-state index contributed by atoms with van der Waals surface area (Å²) in [6.07, 6.45) is 0. The lowest BCUT2D eigenvalue weighted by atomic mass is 9.80. The Morgan fingerprint density at radius 2 is 1.70 bits per heavy atom. The number of nitrogens with one attached hydrogen (secondary N) is 1. The second kappa shape index (κ2) is 11.7. The second-order valence-corrected chi connectivity index (χ2v) is 8.90. The topological polar surface area (TPSA) is 135 Å². The Labute approximate surface area is 233 Å². The van der Waals surface area contributed by atoms with E-state index in [4.69, 9.17) is 26.8 Å². The van der Waals surface area contributed by atoms with Crippen molar-refractivity contribution in [1.29, 1.82) is 5.26 Å². The number of nitriles is 1. The predicted molar refractivity (Wildman–Crippen MR) is 145 cm³/mol. The number of esters is 2. The first-order valence-electron chi connectivity index (χ1n) is 11.7. The first kappa shape index (κ1) is 27.9. The van der Waals surface area contributed by atoms with Gasteiger partial charge in [0, 0.05) is 10.7 Å². The lowest BCUT2D eigenvalue weighted by Gasteiger charge is -2.36. The van der Waals surface area contributed by atoms with Crippen LogP contribution in [-0.2, 0) is 19.1 Å². The van der Waals surface area contributed by atoms with Crippen molar-refractivity contribution < 1.29 is 28.2 Å². The van der Waals surface area contributed by atoms with Crippen LogP contribution in [0.3, 0.4) is 0 Å². The van der Waals surface area contributed by atoms with Gasteiger partial charge in [0.25, 0.3) is 5.91 Å². The number of amides is 1. The summed E-state index contributed by atoms with van der Waals surface area (Å²) in [7, 11) is 2.24. The standard InChI is InChI=1S/C29H22ClFN4O5/c1-39-28(37)24-23(16-7-4-3-5-8-16)21(15-32)26(33)35(25(24)29(38)40-2)22-12-11-17(30)13-20(22)27(36)34-19-10-6-9-18(31)14-19/h3-14,23H,33H2,1-2H3,(H,34,36). The fraction of sp³-hybridized carbons (Fsp3) is 0.103. The molecule has 11 heteroatoms. The highest BCUT2D eigenvalue weighted by Crippen LogP contribution is 2.44. The molecule has 1 amide bonds. The zero-order valence-corrected chi connectivity index (χ0v) is 22.0. The molecule has 40 heavy (non-hydrogen) atoms. The highest BCUT2D eigenvalue weighted by Gasteiger charge is 2.43. The number of nitrogens with two attached hydrogens (primary N) is 1. The van der Waals surface area contributed by atoms with Gasteiger partial charge < -0.3 is 20.5 Å². The molecule has 0 spiro atoms. The van der Waals surface area contributed by atoms with E-state index < -0.39 is 29.6 Å². The van der Waals surface area contributed by atoms with Crippen LogP contribution < -0.4 is 16.0 Å². The van der Waals surface area contributed by atoms with Crippen molar-refractivity contribution in [3.8, 4) is 6.07 Å². The van der Waals surface area contributed by atoms with E-state index in [0.29, 0.717) is 5.56 Å². The molecular weight excluding hydrogens is 539 g/mol. The van der Waals surface area contributed by atoms with Gasteiger partial charge in [-0.25, -0.2) is 14.0 Å². The third-order valence-electron chi connectivity index (χ3n) is 6.14. The van der Waals surface area contributed by atoms with Crippen LogP contribution >= 0.6 is 11.6 Å². The van der Waals surface area contributed by atoms with Gasteiger partial charge in [0.2, 0.25) is 0 Å². The molecule has 4 rings (SSSR count). The highest BCUT2D eigenvalue weighted by atomic mass is 35.5. The van der Waals surface area contributed by atoms with Crippen LogP contribution in [0.5, 0.6) is 0 Å². The molecule has 0 aliphatic carbocycles. The quantitative estimate of drug-likeness (QED) is 0.417. The van der Waals surface area contributed by atoms with E-state index in [1.54, 1.807) is 30.3 Å².